The predicted molar refractivity (Wildman–Crippen MR) is 78.3 cm³/mol. The monoisotopic (exact) mass is 260 g/mol. The number of fused-ring (bicyclic) bond motifs is 2. The number of aromatic nitrogens is 2. The first-order valence-electron chi connectivity index (χ1n) is 7.45. The lowest BCUT2D eigenvalue weighted by atomic mass is 9.84. The zero-order valence-electron chi connectivity index (χ0n) is 12.1. The minimum Gasteiger partial charge on any atom is -0.367 e. The molecule has 0 spiro atoms. The van der Waals surface area contributed by atoms with Gasteiger partial charge in [-0.2, -0.15) is 4.98 Å². The SMILES string of the molecule is CNc1nc(C)cc(NC(C)C2CC3CCC2C3)n1. The maximum absolute atomic E-state index is 4.49. The van der Waals surface area contributed by atoms with E-state index in [0.29, 0.717) is 12.0 Å². The Bertz CT molecular complexity index is 459. The van der Waals surface area contributed by atoms with Gasteiger partial charge in [0.25, 0.3) is 0 Å². The van der Waals surface area contributed by atoms with Crippen LogP contribution in [-0.2, 0) is 0 Å². The topological polar surface area (TPSA) is 49.8 Å². The molecule has 2 N–H and O–H groups in total. The van der Waals surface area contributed by atoms with Gasteiger partial charge in [-0.3, -0.25) is 0 Å². The van der Waals surface area contributed by atoms with Gasteiger partial charge in [-0.1, -0.05) is 6.42 Å². The van der Waals surface area contributed by atoms with Crippen LogP contribution in [0.3, 0.4) is 0 Å². The summed E-state index contributed by atoms with van der Waals surface area (Å²) in [6.07, 6.45) is 5.76. The minimum absolute atomic E-state index is 0.509. The Morgan fingerprint density at radius 3 is 2.74 bits per heavy atom. The van der Waals surface area contributed by atoms with Crippen LogP contribution in [0.1, 0.15) is 38.3 Å². The van der Waals surface area contributed by atoms with Crippen LogP contribution >= 0.6 is 0 Å². The third kappa shape index (κ3) is 2.53. The minimum atomic E-state index is 0.509. The second kappa shape index (κ2) is 4.99. The molecule has 2 aliphatic rings. The molecule has 1 aromatic rings. The van der Waals surface area contributed by atoms with Crippen LogP contribution in [-0.4, -0.2) is 23.1 Å². The fraction of sp³-hybridized carbons (Fsp3) is 0.733. The molecule has 4 nitrogen and oxygen atoms in total. The fourth-order valence-electron chi connectivity index (χ4n) is 4.00. The van der Waals surface area contributed by atoms with Gasteiger partial charge in [-0.25, -0.2) is 4.98 Å². The van der Waals surface area contributed by atoms with Crippen molar-refractivity contribution in [3.05, 3.63) is 11.8 Å². The van der Waals surface area contributed by atoms with Crippen LogP contribution < -0.4 is 10.6 Å². The number of anilines is 2. The van der Waals surface area contributed by atoms with E-state index in [1.165, 1.54) is 25.7 Å². The number of rotatable bonds is 4. The molecule has 2 fully saturated rings. The third-order valence-electron chi connectivity index (χ3n) is 4.89. The van der Waals surface area contributed by atoms with Crippen molar-refractivity contribution in [1.82, 2.24) is 9.97 Å². The molecule has 0 aromatic carbocycles. The Kier molecular flexibility index (Phi) is 3.33. The van der Waals surface area contributed by atoms with E-state index in [4.69, 9.17) is 0 Å². The molecule has 0 aliphatic heterocycles. The summed E-state index contributed by atoms with van der Waals surface area (Å²) in [5.41, 5.74) is 1.00. The van der Waals surface area contributed by atoms with Crippen molar-refractivity contribution in [2.45, 2.75) is 45.6 Å². The average molecular weight is 260 g/mol. The molecular weight excluding hydrogens is 236 g/mol. The zero-order valence-corrected chi connectivity index (χ0v) is 12.1. The molecule has 3 rings (SSSR count). The molecule has 2 saturated carbocycles. The smallest absolute Gasteiger partial charge is 0.224 e. The molecule has 2 aliphatic carbocycles. The van der Waals surface area contributed by atoms with E-state index in [0.717, 1.165) is 29.3 Å². The van der Waals surface area contributed by atoms with Crippen LogP contribution in [0.25, 0.3) is 0 Å². The predicted octanol–water partition coefficient (Wildman–Crippen LogP) is 3.06. The van der Waals surface area contributed by atoms with Gasteiger partial charge in [0.2, 0.25) is 5.95 Å². The maximum Gasteiger partial charge on any atom is 0.224 e. The summed E-state index contributed by atoms with van der Waals surface area (Å²) in [6, 6.07) is 2.54. The number of hydrogen-bond acceptors (Lipinski definition) is 4. The highest BCUT2D eigenvalue weighted by Gasteiger charge is 2.41. The molecule has 19 heavy (non-hydrogen) atoms. The van der Waals surface area contributed by atoms with Gasteiger partial charge in [-0.05, 0) is 50.9 Å². The van der Waals surface area contributed by atoms with Crippen molar-refractivity contribution in [2.75, 3.05) is 17.7 Å². The van der Waals surface area contributed by atoms with Crippen LogP contribution in [0.2, 0.25) is 0 Å². The summed E-state index contributed by atoms with van der Waals surface area (Å²) in [6.45, 7) is 4.32. The summed E-state index contributed by atoms with van der Waals surface area (Å²) in [4.78, 5) is 8.83. The highest BCUT2D eigenvalue weighted by Crippen LogP contribution is 2.49. The van der Waals surface area contributed by atoms with Gasteiger partial charge in [-0.15, -0.1) is 0 Å². The first-order chi connectivity index (χ1) is 9.15. The third-order valence-corrected chi connectivity index (χ3v) is 4.89. The van der Waals surface area contributed by atoms with Crippen molar-refractivity contribution in [3.63, 3.8) is 0 Å². The lowest BCUT2D eigenvalue weighted by Crippen LogP contribution is -2.30. The van der Waals surface area contributed by atoms with Gasteiger partial charge in [0.1, 0.15) is 5.82 Å². The number of nitrogens with zero attached hydrogens (tertiary/aromatic N) is 2. The average Bonchev–Trinajstić information content (AvgIpc) is 3.00. The maximum atomic E-state index is 4.49. The molecule has 2 bridgehead atoms. The molecule has 0 amide bonds. The summed E-state index contributed by atoms with van der Waals surface area (Å²) >= 11 is 0. The summed E-state index contributed by atoms with van der Waals surface area (Å²) in [7, 11) is 1.86. The number of hydrogen-bond donors (Lipinski definition) is 2. The quantitative estimate of drug-likeness (QED) is 0.873. The number of aryl methyl sites for hydroxylation is 1. The first-order valence-corrected chi connectivity index (χ1v) is 7.45. The van der Waals surface area contributed by atoms with Gasteiger partial charge < -0.3 is 10.6 Å². The highest BCUT2D eigenvalue weighted by atomic mass is 15.1. The summed E-state index contributed by atoms with van der Waals surface area (Å²) in [5.74, 6) is 4.42. The molecule has 4 unspecified atom stereocenters. The Morgan fingerprint density at radius 2 is 2.11 bits per heavy atom. The highest BCUT2D eigenvalue weighted by molar-refractivity contribution is 5.42. The van der Waals surface area contributed by atoms with E-state index in [1.807, 2.05) is 20.0 Å². The molecule has 4 heteroatoms. The zero-order chi connectivity index (χ0) is 13.4. The summed E-state index contributed by atoms with van der Waals surface area (Å²) < 4.78 is 0. The van der Waals surface area contributed by atoms with E-state index in [1.54, 1.807) is 0 Å². The van der Waals surface area contributed by atoms with E-state index in [9.17, 15) is 0 Å². The van der Waals surface area contributed by atoms with Crippen molar-refractivity contribution in [2.24, 2.45) is 17.8 Å². The van der Waals surface area contributed by atoms with E-state index < -0.39 is 0 Å². The van der Waals surface area contributed by atoms with Crippen molar-refractivity contribution < 1.29 is 0 Å². The second-order valence-electron chi connectivity index (χ2n) is 6.24. The second-order valence-corrected chi connectivity index (χ2v) is 6.24. The van der Waals surface area contributed by atoms with Gasteiger partial charge in [0, 0.05) is 24.8 Å². The molecule has 1 aromatic heterocycles. The van der Waals surface area contributed by atoms with Crippen LogP contribution in [0, 0.1) is 24.7 Å². The van der Waals surface area contributed by atoms with Gasteiger partial charge in [0.05, 0.1) is 0 Å². The molecule has 104 valence electrons. The van der Waals surface area contributed by atoms with E-state index in [-0.39, 0.29) is 0 Å². The molecule has 1 heterocycles. The van der Waals surface area contributed by atoms with E-state index in [2.05, 4.69) is 27.5 Å². The lowest BCUT2D eigenvalue weighted by molar-refractivity contribution is 0.304. The van der Waals surface area contributed by atoms with Crippen molar-refractivity contribution >= 4 is 11.8 Å². The van der Waals surface area contributed by atoms with E-state index >= 15 is 0 Å². The van der Waals surface area contributed by atoms with Gasteiger partial charge >= 0.3 is 0 Å². The first kappa shape index (κ1) is 12.7. The largest absolute Gasteiger partial charge is 0.367 e. The van der Waals surface area contributed by atoms with Crippen LogP contribution in [0.15, 0.2) is 6.07 Å². The Hall–Kier alpha value is -1.32. The van der Waals surface area contributed by atoms with Crippen molar-refractivity contribution in [3.8, 4) is 0 Å². The van der Waals surface area contributed by atoms with Crippen LogP contribution in [0.5, 0.6) is 0 Å². The standard InChI is InChI=1S/C15H24N4/c1-9-6-14(19-15(16-3)17-9)18-10(2)13-8-11-4-5-12(13)7-11/h6,10-13H,4-5,7-8H2,1-3H3,(H2,16,17,18,19). The molecule has 0 saturated heterocycles. The normalized spacial score (nSPS) is 30.4. The number of nitrogens with one attached hydrogen (secondary N) is 2. The Balaban J connectivity index is 1.69. The van der Waals surface area contributed by atoms with Crippen LogP contribution in [0.4, 0.5) is 11.8 Å². The Labute approximate surface area is 115 Å². The lowest BCUT2D eigenvalue weighted by Gasteiger charge is -2.29. The summed E-state index contributed by atoms with van der Waals surface area (Å²) in [5, 5.41) is 6.61. The molecule has 0 radical (unpaired) electrons. The molecule has 4 atom stereocenters. The van der Waals surface area contributed by atoms with Crippen molar-refractivity contribution in [1.29, 1.82) is 0 Å². The Morgan fingerprint density at radius 1 is 1.26 bits per heavy atom. The fourth-order valence-corrected chi connectivity index (χ4v) is 4.00. The van der Waals surface area contributed by atoms with Gasteiger partial charge in [0.15, 0.2) is 0 Å². The molecular formula is C15H24N4.